The van der Waals surface area contributed by atoms with E-state index in [0.717, 1.165) is 12.2 Å². The first-order chi connectivity index (χ1) is 7.43. The lowest BCUT2D eigenvalue weighted by Crippen LogP contribution is -2.24. The maximum absolute atomic E-state index is 10.5. The number of thioether (sulfide) groups is 1. The quantitative estimate of drug-likeness (QED) is 0.747. The Labute approximate surface area is 103 Å². The van der Waals surface area contributed by atoms with E-state index < -0.39 is 5.97 Å². The summed E-state index contributed by atoms with van der Waals surface area (Å²) in [6, 6.07) is 0. The van der Waals surface area contributed by atoms with Crippen molar-refractivity contribution >= 4 is 17.7 Å². The fourth-order valence-electron chi connectivity index (χ4n) is 2.00. The lowest BCUT2D eigenvalue weighted by atomic mass is 9.85. The van der Waals surface area contributed by atoms with Gasteiger partial charge in [-0.3, -0.25) is 4.79 Å². The molecule has 0 heterocycles. The van der Waals surface area contributed by atoms with E-state index in [9.17, 15) is 4.79 Å². The Morgan fingerprint density at radius 2 is 2.31 bits per heavy atom. The van der Waals surface area contributed by atoms with Crippen molar-refractivity contribution in [2.24, 2.45) is 5.92 Å². The van der Waals surface area contributed by atoms with Crippen molar-refractivity contribution in [1.29, 1.82) is 0 Å². The van der Waals surface area contributed by atoms with Gasteiger partial charge in [-0.25, -0.2) is 0 Å². The van der Waals surface area contributed by atoms with E-state index in [1.165, 1.54) is 12.8 Å². The van der Waals surface area contributed by atoms with Crippen LogP contribution in [0.3, 0.4) is 0 Å². The zero-order valence-corrected chi connectivity index (χ0v) is 11.3. The molecule has 1 aliphatic rings. The third-order valence-corrected chi connectivity index (χ3v) is 4.72. The molecule has 0 aromatic rings. The van der Waals surface area contributed by atoms with E-state index in [1.807, 2.05) is 11.8 Å². The van der Waals surface area contributed by atoms with Crippen molar-refractivity contribution in [1.82, 2.24) is 0 Å². The number of hydrogen-bond acceptors (Lipinski definition) is 2. The van der Waals surface area contributed by atoms with Gasteiger partial charge in [0.1, 0.15) is 0 Å². The van der Waals surface area contributed by atoms with E-state index in [2.05, 4.69) is 26.8 Å². The van der Waals surface area contributed by atoms with Crippen molar-refractivity contribution < 1.29 is 9.90 Å². The molecule has 3 heteroatoms. The number of carbonyl (C=O) groups is 1. The molecule has 2 nitrogen and oxygen atoms in total. The Morgan fingerprint density at radius 1 is 1.62 bits per heavy atom. The van der Waals surface area contributed by atoms with Crippen LogP contribution >= 0.6 is 11.8 Å². The zero-order valence-electron chi connectivity index (χ0n) is 10.5. The summed E-state index contributed by atoms with van der Waals surface area (Å²) in [6.07, 6.45) is 6.09. The highest BCUT2D eigenvalue weighted by Gasteiger charge is 2.27. The molecule has 0 aliphatic heterocycles. The van der Waals surface area contributed by atoms with Gasteiger partial charge in [-0.1, -0.05) is 32.4 Å². The average Bonchev–Trinajstić information content (AvgIpc) is 2.17. The lowest BCUT2D eigenvalue weighted by molar-refractivity contribution is -0.136. The molecule has 92 valence electrons. The minimum Gasteiger partial charge on any atom is -0.481 e. The van der Waals surface area contributed by atoms with Gasteiger partial charge in [0.15, 0.2) is 0 Å². The molecule has 1 aliphatic carbocycles. The molecule has 0 bridgehead atoms. The van der Waals surface area contributed by atoms with Crippen LogP contribution in [-0.2, 0) is 4.79 Å². The maximum atomic E-state index is 10.5. The van der Waals surface area contributed by atoms with E-state index in [-0.39, 0.29) is 11.2 Å². The SMILES string of the molecule is CC(C)C1=CCC(C)(SCCC(=O)O)CC1. The van der Waals surface area contributed by atoms with Crippen molar-refractivity contribution in [3.63, 3.8) is 0 Å². The molecule has 1 unspecified atom stereocenters. The first-order valence-corrected chi connectivity index (χ1v) is 6.96. The van der Waals surface area contributed by atoms with Crippen LogP contribution in [0.5, 0.6) is 0 Å². The standard InChI is InChI=1S/C13H22O2S/c1-10(2)11-4-7-13(3,8-5-11)16-9-6-12(14)15/h4,10H,5-9H2,1-3H3,(H,14,15). The first kappa shape index (κ1) is 13.6. The van der Waals surface area contributed by atoms with Crippen LogP contribution in [0.4, 0.5) is 0 Å². The maximum Gasteiger partial charge on any atom is 0.304 e. The number of carboxylic acid groups (broad SMARTS) is 1. The van der Waals surface area contributed by atoms with Gasteiger partial charge < -0.3 is 5.11 Å². The predicted octanol–water partition coefficient (Wildman–Crippen LogP) is 3.72. The first-order valence-electron chi connectivity index (χ1n) is 5.98. The number of hydrogen-bond donors (Lipinski definition) is 1. The van der Waals surface area contributed by atoms with Gasteiger partial charge in [-0.05, 0) is 25.2 Å². The molecular formula is C13H22O2S. The van der Waals surface area contributed by atoms with E-state index in [1.54, 1.807) is 5.57 Å². The van der Waals surface area contributed by atoms with Gasteiger partial charge in [0.25, 0.3) is 0 Å². The average molecular weight is 242 g/mol. The van der Waals surface area contributed by atoms with Crippen LogP contribution in [-0.4, -0.2) is 21.6 Å². The van der Waals surface area contributed by atoms with Crippen molar-refractivity contribution in [2.75, 3.05) is 5.75 Å². The number of aliphatic carboxylic acids is 1. The normalized spacial score (nSPS) is 25.6. The Kier molecular flexibility index (Phi) is 4.90. The third-order valence-electron chi connectivity index (χ3n) is 3.25. The van der Waals surface area contributed by atoms with Gasteiger partial charge >= 0.3 is 5.97 Å². The molecule has 1 rings (SSSR count). The highest BCUT2D eigenvalue weighted by molar-refractivity contribution is 8.00. The molecule has 0 saturated carbocycles. The second-order valence-electron chi connectivity index (χ2n) is 5.08. The van der Waals surface area contributed by atoms with E-state index >= 15 is 0 Å². The number of carboxylic acids is 1. The van der Waals surface area contributed by atoms with Crippen LogP contribution < -0.4 is 0 Å². The smallest absolute Gasteiger partial charge is 0.304 e. The Morgan fingerprint density at radius 3 is 2.75 bits per heavy atom. The number of allylic oxidation sites excluding steroid dienone is 2. The molecule has 0 aromatic carbocycles. The highest BCUT2D eigenvalue weighted by Crippen LogP contribution is 2.40. The van der Waals surface area contributed by atoms with Gasteiger partial charge in [-0.15, -0.1) is 0 Å². The summed E-state index contributed by atoms with van der Waals surface area (Å²) in [4.78, 5) is 10.5. The summed E-state index contributed by atoms with van der Waals surface area (Å²) in [5, 5.41) is 8.62. The van der Waals surface area contributed by atoms with Crippen LogP contribution in [0.2, 0.25) is 0 Å². The summed E-state index contributed by atoms with van der Waals surface area (Å²) < 4.78 is 0.258. The molecule has 0 aromatic heterocycles. The summed E-state index contributed by atoms with van der Waals surface area (Å²) in [5.74, 6) is 0.704. The minimum absolute atomic E-state index is 0.258. The van der Waals surface area contributed by atoms with Crippen LogP contribution in [0, 0.1) is 5.92 Å². The predicted molar refractivity (Wildman–Crippen MR) is 69.9 cm³/mol. The summed E-state index contributed by atoms with van der Waals surface area (Å²) >= 11 is 1.82. The topological polar surface area (TPSA) is 37.3 Å². The Bertz CT molecular complexity index is 284. The Balaban J connectivity index is 2.40. The van der Waals surface area contributed by atoms with Crippen molar-refractivity contribution in [3.05, 3.63) is 11.6 Å². The molecule has 0 fully saturated rings. The van der Waals surface area contributed by atoms with Gasteiger partial charge in [0.05, 0.1) is 6.42 Å². The van der Waals surface area contributed by atoms with E-state index in [4.69, 9.17) is 5.11 Å². The fourth-order valence-corrected chi connectivity index (χ4v) is 3.22. The molecule has 0 radical (unpaired) electrons. The summed E-state index contributed by atoms with van der Waals surface area (Å²) in [7, 11) is 0. The van der Waals surface area contributed by atoms with Gasteiger partial charge in [-0.2, -0.15) is 11.8 Å². The zero-order chi connectivity index (χ0) is 12.2. The molecule has 0 amide bonds. The van der Waals surface area contributed by atoms with Gasteiger partial charge in [0, 0.05) is 10.5 Å². The monoisotopic (exact) mass is 242 g/mol. The van der Waals surface area contributed by atoms with Gasteiger partial charge in [0.2, 0.25) is 0 Å². The molecule has 0 saturated heterocycles. The lowest BCUT2D eigenvalue weighted by Gasteiger charge is -2.33. The number of rotatable bonds is 5. The summed E-state index contributed by atoms with van der Waals surface area (Å²) in [5.41, 5.74) is 1.57. The molecule has 0 spiro atoms. The second kappa shape index (κ2) is 5.76. The largest absolute Gasteiger partial charge is 0.481 e. The van der Waals surface area contributed by atoms with Crippen LogP contribution in [0.1, 0.15) is 46.5 Å². The fraction of sp³-hybridized carbons (Fsp3) is 0.769. The molecular weight excluding hydrogens is 220 g/mol. The second-order valence-corrected chi connectivity index (χ2v) is 6.76. The molecule has 1 N–H and O–H groups in total. The molecule has 1 atom stereocenters. The van der Waals surface area contributed by atoms with E-state index in [0.29, 0.717) is 5.92 Å². The third kappa shape index (κ3) is 4.20. The highest BCUT2D eigenvalue weighted by atomic mass is 32.2. The Hall–Kier alpha value is -0.440. The van der Waals surface area contributed by atoms with Crippen molar-refractivity contribution in [3.8, 4) is 0 Å². The van der Waals surface area contributed by atoms with Crippen LogP contribution in [0.15, 0.2) is 11.6 Å². The van der Waals surface area contributed by atoms with Crippen molar-refractivity contribution in [2.45, 2.75) is 51.2 Å². The minimum atomic E-state index is -0.690. The summed E-state index contributed by atoms with van der Waals surface area (Å²) in [6.45, 7) is 6.74. The molecule has 16 heavy (non-hydrogen) atoms. The van der Waals surface area contributed by atoms with Crippen LogP contribution in [0.25, 0.3) is 0 Å².